The van der Waals surface area contributed by atoms with Crippen molar-refractivity contribution in [2.24, 2.45) is 0 Å². The number of nitrogens with one attached hydrogen (secondary N) is 3. The van der Waals surface area contributed by atoms with E-state index in [1.165, 1.54) is 0 Å². The van der Waals surface area contributed by atoms with Gasteiger partial charge in [0.05, 0.1) is 10.3 Å². The molecule has 0 saturated heterocycles. The molecule has 0 fully saturated rings. The molecule has 3 N–H and O–H groups in total. The van der Waals surface area contributed by atoms with Gasteiger partial charge in [-0.2, -0.15) is 0 Å². The van der Waals surface area contributed by atoms with E-state index in [9.17, 15) is 0 Å². The molecule has 0 heterocycles. The number of thiocarbonyl (C=S) groups is 2. The Morgan fingerprint density at radius 2 is 1.00 bits per heavy atom. The third-order valence-electron chi connectivity index (χ3n) is 0. The molecule has 0 amide bonds. The van der Waals surface area contributed by atoms with E-state index in [0.29, 0.717) is 0 Å². The number of carbonyl (C=O) groups excluding carboxylic acids is 1. The third-order valence-corrected chi connectivity index (χ3v) is 0. The maximum atomic E-state index is 8.35. The van der Waals surface area contributed by atoms with Crippen LogP contribution in [0.15, 0.2) is 0 Å². The molecule has 0 atom stereocenters. The molecule has 0 aliphatic rings. The van der Waals surface area contributed by atoms with Gasteiger partial charge in [-0.05, 0) is 24.4 Å². The first kappa shape index (κ1) is 15.7. The highest BCUT2D eigenvalue weighted by atomic mass is 32.1. The summed E-state index contributed by atoms with van der Waals surface area (Å²) in [6.07, 6.45) is 0.750. The minimum absolute atomic E-state index is 0.750. The van der Waals surface area contributed by atoms with E-state index in [4.69, 9.17) is 21.0 Å². The van der Waals surface area contributed by atoms with Crippen molar-refractivity contribution in [2.75, 3.05) is 0 Å². The molecule has 0 saturated carbocycles. The van der Waals surface area contributed by atoms with Crippen LogP contribution in [-0.2, 0) is 4.79 Å². The lowest BCUT2D eigenvalue weighted by atomic mass is 11.7. The van der Waals surface area contributed by atoms with Crippen LogP contribution in [0.4, 0.5) is 0 Å². The van der Waals surface area contributed by atoms with Gasteiger partial charge in [-0.3, -0.25) is 0 Å². The van der Waals surface area contributed by atoms with Crippen molar-refractivity contribution in [1.82, 2.24) is 0 Å². The Balaban J connectivity index is -0.0000000600. The summed E-state index contributed by atoms with van der Waals surface area (Å²) in [5.74, 6) is 0. The summed E-state index contributed by atoms with van der Waals surface area (Å²) in [7, 11) is 0. The van der Waals surface area contributed by atoms with Crippen molar-refractivity contribution in [2.45, 2.75) is 0 Å². The van der Waals surface area contributed by atoms with Crippen molar-refractivity contribution in [3.63, 3.8) is 0 Å². The van der Waals surface area contributed by atoms with Crippen molar-refractivity contribution < 1.29 is 4.79 Å². The number of rotatable bonds is 0. The largest absolute Gasteiger partial charge is 0.248 e. The van der Waals surface area contributed by atoms with Gasteiger partial charge in [-0.15, -0.1) is 0 Å². The van der Waals surface area contributed by atoms with Crippen LogP contribution < -0.4 is 0 Å². The van der Waals surface area contributed by atoms with Crippen LogP contribution in [0.3, 0.4) is 0 Å². The molecule has 0 aliphatic heterocycles. The fourth-order valence-corrected chi connectivity index (χ4v) is 0. The molecule has 0 rings (SSSR count). The fourth-order valence-electron chi connectivity index (χ4n) is 0. The molecule has 48 valence electrons. The zero-order valence-corrected chi connectivity index (χ0v) is 5.86. The van der Waals surface area contributed by atoms with E-state index in [-0.39, 0.29) is 0 Å². The molecule has 0 aromatic carbocycles. The van der Waals surface area contributed by atoms with E-state index < -0.39 is 0 Å². The molecule has 0 unspecified atom stereocenters. The van der Waals surface area contributed by atoms with Gasteiger partial charge in [0.25, 0.3) is 0 Å². The smallest absolute Gasteiger partial charge is 0.231 e. The van der Waals surface area contributed by atoms with Crippen LogP contribution in [0.25, 0.3) is 0 Å². The average Bonchev–Trinajstić information content (AvgIpc) is 1.70. The van der Waals surface area contributed by atoms with Crippen LogP contribution in [0, 0.1) is 16.2 Å². The Morgan fingerprint density at radius 1 is 1.00 bits per heavy atom. The maximum absolute atomic E-state index is 8.35. The van der Waals surface area contributed by atoms with E-state index in [0.717, 1.165) is 6.08 Å². The van der Waals surface area contributed by atoms with Gasteiger partial charge in [-0.1, -0.05) is 0 Å². The van der Waals surface area contributed by atoms with Crippen molar-refractivity contribution >= 4 is 40.8 Å². The van der Waals surface area contributed by atoms with Crippen LogP contribution in [0.2, 0.25) is 0 Å². The molecule has 6 heteroatoms. The van der Waals surface area contributed by atoms with E-state index in [2.05, 4.69) is 24.4 Å². The van der Waals surface area contributed by atoms with Crippen LogP contribution in [0.5, 0.6) is 0 Å². The fraction of sp³-hybridized carbons (Fsp3) is 0. The summed E-state index contributed by atoms with van der Waals surface area (Å²) < 4.78 is 0. The summed E-state index contributed by atoms with van der Waals surface area (Å²) >= 11 is 7.62. The number of hydrogen-bond acceptors (Lipinski definition) is 6. The Labute approximate surface area is 62.4 Å². The van der Waals surface area contributed by atoms with E-state index >= 15 is 0 Å². The Kier molecular flexibility index (Phi) is 111. The highest BCUT2D eigenvalue weighted by Crippen LogP contribution is 1.16. The van der Waals surface area contributed by atoms with E-state index in [1.807, 2.05) is 0 Å². The van der Waals surface area contributed by atoms with Crippen molar-refractivity contribution in [3.8, 4) is 0 Å². The predicted molar refractivity (Wildman–Crippen MR) is 39.0 cm³/mol. The first-order chi connectivity index (χ1) is 4.24. The monoisotopic (exact) mass is 161 g/mol. The maximum Gasteiger partial charge on any atom is 0.231 e. The van der Waals surface area contributed by atoms with Crippen LogP contribution in [0.1, 0.15) is 0 Å². The number of isothiocyanates is 2. The third kappa shape index (κ3) is 166. The minimum atomic E-state index is 0.750. The Hall–Kier alpha value is -1.02. The summed E-state index contributed by atoms with van der Waals surface area (Å²) in [6, 6.07) is 0. The molecule has 0 spiro atoms. The lowest BCUT2D eigenvalue weighted by Crippen LogP contribution is -1.16. The summed E-state index contributed by atoms with van der Waals surface area (Å²) in [5.41, 5.74) is 0. The molecule has 0 radical (unpaired) electrons. The SMILES string of the molecule is N=C=O.N=C=S.N=C=S. The van der Waals surface area contributed by atoms with Crippen LogP contribution >= 0.6 is 24.4 Å². The van der Waals surface area contributed by atoms with Gasteiger partial charge < -0.3 is 0 Å². The predicted octanol–water partition coefficient (Wildman–Crippen LogP) is 1.24. The molecule has 0 aromatic rings. The molecule has 0 aromatic heterocycles. The van der Waals surface area contributed by atoms with Crippen molar-refractivity contribution in [3.05, 3.63) is 0 Å². The van der Waals surface area contributed by atoms with Gasteiger partial charge in [0.1, 0.15) is 0 Å². The van der Waals surface area contributed by atoms with Gasteiger partial charge in [-0.25, -0.2) is 21.0 Å². The highest BCUT2D eigenvalue weighted by molar-refractivity contribution is 7.78. The molecule has 9 heavy (non-hydrogen) atoms. The lowest BCUT2D eigenvalue weighted by molar-refractivity contribution is 0.563. The second-order valence-electron chi connectivity index (χ2n) is 0.306. The lowest BCUT2D eigenvalue weighted by Gasteiger charge is -1.05. The van der Waals surface area contributed by atoms with Crippen molar-refractivity contribution in [1.29, 1.82) is 16.2 Å². The topological polar surface area (TPSA) is 88.6 Å². The zero-order valence-electron chi connectivity index (χ0n) is 4.22. The normalized spacial score (nSPS) is 2.67. The molecule has 0 bridgehead atoms. The number of hydrogen-bond donors (Lipinski definition) is 3. The quantitative estimate of drug-likeness (QED) is 0.283. The molecule has 4 nitrogen and oxygen atoms in total. The molecule has 0 aliphatic carbocycles. The first-order valence-corrected chi connectivity index (χ1v) is 2.18. The van der Waals surface area contributed by atoms with E-state index in [1.54, 1.807) is 10.3 Å². The minimum Gasteiger partial charge on any atom is -0.248 e. The highest BCUT2D eigenvalue weighted by Gasteiger charge is 1.03. The zero-order chi connectivity index (χ0) is 8.12. The second kappa shape index (κ2) is 63.7. The van der Waals surface area contributed by atoms with Gasteiger partial charge in [0.15, 0.2) is 0 Å². The van der Waals surface area contributed by atoms with Gasteiger partial charge >= 0.3 is 0 Å². The molecular weight excluding hydrogens is 158 g/mol. The first-order valence-electron chi connectivity index (χ1n) is 1.36. The summed E-state index contributed by atoms with van der Waals surface area (Å²) in [6.45, 7) is 0. The number of isocyanates is 1. The second-order valence-corrected chi connectivity index (χ2v) is 0.714. The Morgan fingerprint density at radius 3 is 1.00 bits per heavy atom. The molecular formula is C3H3N3OS2. The van der Waals surface area contributed by atoms with Gasteiger partial charge in [0.2, 0.25) is 6.08 Å². The summed E-state index contributed by atoms with van der Waals surface area (Å²) in [5, 5.41) is 20.1. The van der Waals surface area contributed by atoms with Gasteiger partial charge in [0, 0.05) is 0 Å². The standard InChI is InChI=1S/CHNO.2CHNS/c3*2-1-3/h3*2H. The Bertz CT molecular complexity index is 109. The van der Waals surface area contributed by atoms with Crippen LogP contribution in [-0.4, -0.2) is 16.4 Å². The summed E-state index contributed by atoms with van der Waals surface area (Å²) in [4.78, 5) is 8.35. The average molecular weight is 161 g/mol.